The summed E-state index contributed by atoms with van der Waals surface area (Å²) >= 11 is 12.0. The van der Waals surface area contributed by atoms with Crippen LogP contribution in [0.4, 0.5) is 5.69 Å². The number of H-pyrrole nitrogens is 1. The molecular weight excluding hydrogens is 393 g/mol. The van der Waals surface area contributed by atoms with Crippen molar-refractivity contribution in [3.05, 3.63) is 79.9 Å². The summed E-state index contributed by atoms with van der Waals surface area (Å²) in [5.41, 5.74) is 4.22. The molecule has 3 aromatic rings. The number of aromatic nitrogens is 2. The molecule has 0 aliphatic rings. The third-order valence-corrected chi connectivity index (χ3v) is 4.06. The van der Waals surface area contributed by atoms with Crippen molar-refractivity contribution in [1.29, 1.82) is 0 Å². The molecule has 2 aromatic carbocycles. The molecule has 136 valence electrons. The van der Waals surface area contributed by atoms with Crippen molar-refractivity contribution in [1.82, 2.24) is 15.6 Å². The van der Waals surface area contributed by atoms with E-state index in [4.69, 9.17) is 23.2 Å². The highest BCUT2D eigenvalue weighted by atomic mass is 35.5. The van der Waals surface area contributed by atoms with Gasteiger partial charge >= 0.3 is 0 Å². The molecule has 0 aliphatic heterocycles. The van der Waals surface area contributed by atoms with Crippen molar-refractivity contribution >= 4 is 41.0 Å². The third kappa shape index (κ3) is 4.49. The summed E-state index contributed by atoms with van der Waals surface area (Å²) in [4.78, 5) is 22.2. The van der Waals surface area contributed by atoms with Crippen molar-refractivity contribution in [2.24, 2.45) is 5.10 Å². The lowest BCUT2D eigenvalue weighted by Crippen LogP contribution is -2.17. The van der Waals surface area contributed by atoms with E-state index in [1.54, 1.807) is 18.2 Å². The molecule has 27 heavy (non-hydrogen) atoms. The first-order chi connectivity index (χ1) is 12.9. The number of hydrazone groups is 1. The van der Waals surface area contributed by atoms with Crippen molar-refractivity contribution < 1.29 is 9.72 Å². The molecule has 0 atom stereocenters. The van der Waals surface area contributed by atoms with E-state index in [9.17, 15) is 14.9 Å². The molecule has 10 heteroatoms. The van der Waals surface area contributed by atoms with Crippen LogP contribution in [0.5, 0.6) is 0 Å². The van der Waals surface area contributed by atoms with Gasteiger partial charge in [-0.1, -0.05) is 23.2 Å². The Morgan fingerprint density at radius 1 is 1.19 bits per heavy atom. The van der Waals surface area contributed by atoms with E-state index in [1.807, 2.05) is 0 Å². The predicted octanol–water partition coefficient (Wildman–Crippen LogP) is 4.06. The Labute approximate surface area is 163 Å². The van der Waals surface area contributed by atoms with Gasteiger partial charge in [0, 0.05) is 22.7 Å². The zero-order valence-electron chi connectivity index (χ0n) is 13.5. The van der Waals surface area contributed by atoms with E-state index in [0.717, 1.165) is 0 Å². The van der Waals surface area contributed by atoms with Crippen LogP contribution in [0.15, 0.2) is 53.6 Å². The molecule has 0 fully saturated rings. The Kier molecular flexibility index (Phi) is 5.49. The van der Waals surface area contributed by atoms with Crippen molar-refractivity contribution in [3.63, 3.8) is 0 Å². The molecule has 1 aromatic heterocycles. The average molecular weight is 404 g/mol. The number of hydrogen-bond acceptors (Lipinski definition) is 5. The van der Waals surface area contributed by atoms with Gasteiger partial charge in [0.2, 0.25) is 0 Å². The quantitative estimate of drug-likeness (QED) is 0.379. The van der Waals surface area contributed by atoms with Crippen LogP contribution >= 0.6 is 23.2 Å². The van der Waals surface area contributed by atoms with Crippen molar-refractivity contribution in [2.45, 2.75) is 0 Å². The molecule has 0 bridgehead atoms. The molecule has 8 nitrogen and oxygen atoms in total. The Balaban J connectivity index is 1.66. The zero-order valence-corrected chi connectivity index (χ0v) is 15.0. The van der Waals surface area contributed by atoms with Crippen molar-refractivity contribution in [2.75, 3.05) is 0 Å². The second-order valence-electron chi connectivity index (χ2n) is 5.34. The van der Waals surface area contributed by atoms with E-state index < -0.39 is 10.8 Å². The summed E-state index contributed by atoms with van der Waals surface area (Å²) in [6.45, 7) is 0. The first-order valence-corrected chi connectivity index (χ1v) is 8.28. The van der Waals surface area contributed by atoms with Crippen LogP contribution in [0.1, 0.15) is 16.1 Å². The van der Waals surface area contributed by atoms with Gasteiger partial charge < -0.3 is 0 Å². The number of nitro benzene ring substituents is 1. The number of amides is 1. The van der Waals surface area contributed by atoms with Gasteiger partial charge in [0.15, 0.2) is 0 Å². The number of benzene rings is 2. The van der Waals surface area contributed by atoms with Crippen LogP contribution in [-0.4, -0.2) is 27.2 Å². The minimum absolute atomic E-state index is 0.0259. The molecule has 0 aliphatic carbocycles. The SMILES string of the molecule is O=C(N/N=C\c1ccc([N+](=O)[O-])cc1)c1cc(-c2ccc(Cl)cc2Cl)n[nH]1. The summed E-state index contributed by atoms with van der Waals surface area (Å²) in [6, 6.07) is 12.2. The summed E-state index contributed by atoms with van der Waals surface area (Å²) in [5.74, 6) is -0.503. The van der Waals surface area contributed by atoms with Gasteiger partial charge in [-0.05, 0) is 42.0 Å². The van der Waals surface area contributed by atoms with Crippen LogP contribution in [-0.2, 0) is 0 Å². The maximum Gasteiger partial charge on any atom is 0.289 e. The molecule has 1 amide bonds. The fraction of sp³-hybridized carbons (Fsp3) is 0. The van der Waals surface area contributed by atoms with Crippen LogP contribution in [0, 0.1) is 10.1 Å². The van der Waals surface area contributed by atoms with Gasteiger partial charge in [-0.25, -0.2) is 5.43 Å². The lowest BCUT2D eigenvalue weighted by Gasteiger charge is -2.00. The lowest BCUT2D eigenvalue weighted by molar-refractivity contribution is -0.384. The second-order valence-corrected chi connectivity index (χ2v) is 6.18. The Morgan fingerprint density at radius 2 is 1.93 bits per heavy atom. The monoisotopic (exact) mass is 403 g/mol. The number of carbonyl (C=O) groups excluding carboxylic acids is 1. The number of hydrogen-bond donors (Lipinski definition) is 2. The molecular formula is C17H11Cl2N5O3. The first-order valence-electron chi connectivity index (χ1n) is 7.53. The highest BCUT2D eigenvalue weighted by Gasteiger charge is 2.12. The molecule has 0 saturated carbocycles. The molecule has 0 spiro atoms. The lowest BCUT2D eigenvalue weighted by atomic mass is 10.1. The van der Waals surface area contributed by atoms with Gasteiger partial charge in [-0.15, -0.1) is 0 Å². The minimum atomic E-state index is -0.503. The number of rotatable bonds is 5. The molecule has 0 saturated heterocycles. The van der Waals surface area contributed by atoms with Gasteiger partial charge in [-0.3, -0.25) is 20.0 Å². The van der Waals surface area contributed by atoms with E-state index in [0.29, 0.717) is 26.9 Å². The minimum Gasteiger partial charge on any atom is -0.272 e. The van der Waals surface area contributed by atoms with Gasteiger partial charge in [0.25, 0.3) is 11.6 Å². The number of nitrogens with zero attached hydrogens (tertiary/aromatic N) is 3. The Hall–Kier alpha value is -3.23. The molecule has 0 radical (unpaired) electrons. The van der Waals surface area contributed by atoms with Gasteiger partial charge in [0.05, 0.1) is 21.9 Å². The second kappa shape index (κ2) is 7.98. The van der Waals surface area contributed by atoms with Crippen molar-refractivity contribution in [3.8, 4) is 11.3 Å². The number of nitrogens with one attached hydrogen (secondary N) is 2. The number of aromatic amines is 1. The number of halogens is 2. The van der Waals surface area contributed by atoms with Gasteiger partial charge in [0.1, 0.15) is 5.69 Å². The standard InChI is InChI=1S/C17H11Cl2N5O3/c18-11-3-6-13(14(19)7-11)15-8-16(22-21-15)17(25)23-20-9-10-1-4-12(5-2-10)24(26)27/h1-9H,(H,21,22)(H,23,25)/b20-9-. The number of carbonyl (C=O) groups is 1. The number of non-ortho nitro benzene ring substituents is 1. The largest absolute Gasteiger partial charge is 0.289 e. The normalized spacial score (nSPS) is 10.9. The average Bonchev–Trinajstić information content (AvgIpc) is 3.12. The zero-order chi connectivity index (χ0) is 19.4. The van der Waals surface area contributed by atoms with E-state index in [1.165, 1.54) is 36.5 Å². The first kappa shape index (κ1) is 18.6. The fourth-order valence-corrected chi connectivity index (χ4v) is 2.69. The van der Waals surface area contributed by atoms with Crippen LogP contribution in [0.25, 0.3) is 11.3 Å². The van der Waals surface area contributed by atoms with E-state index in [2.05, 4.69) is 20.7 Å². The molecule has 0 unspecified atom stereocenters. The summed E-state index contributed by atoms with van der Waals surface area (Å²) in [5, 5.41) is 22.0. The maximum atomic E-state index is 12.1. The highest BCUT2D eigenvalue weighted by Crippen LogP contribution is 2.29. The van der Waals surface area contributed by atoms with Crippen LogP contribution in [0.2, 0.25) is 10.0 Å². The Bertz CT molecular complexity index is 1030. The maximum absolute atomic E-state index is 12.1. The Morgan fingerprint density at radius 3 is 2.59 bits per heavy atom. The summed E-state index contributed by atoms with van der Waals surface area (Å²) < 4.78 is 0. The predicted molar refractivity (Wildman–Crippen MR) is 102 cm³/mol. The smallest absolute Gasteiger partial charge is 0.272 e. The molecule has 1 heterocycles. The van der Waals surface area contributed by atoms with E-state index >= 15 is 0 Å². The molecule has 2 N–H and O–H groups in total. The van der Waals surface area contributed by atoms with Gasteiger partial charge in [-0.2, -0.15) is 10.2 Å². The summed E-state index contributed by atoms with van der Waals surface area (Å²) in [6.07, 6.45) is 1.37. The third-order valence-electron chi connectivity index (χ3n) is 3.51. The van der Waals surface area contributed by atoms with Crippen LogP contribution in [0.3, 0.4) is 0 Å². The fourth-order valence-electron chi connectivity index (χ4n) is 2.18. The summed E-state index contributed by atoms with van der Waals surface area (Å²) in [7, 11) is 0. The number of nitro groups is 1. The van der Waals surface area contributed by atoms with E-state index in [-0.39, 0.29) is 11.4 Å². The topological polar surface area (TPSA) is 113 Å². The molecule has 3 rings (SSSR count). The van der Waals surface area contributed by atoms with Crippen LogP contribution < -0.4 is 5.43 Å². The highest BCUT2D eigenvalue weighted by molar-refractivity contribution is 6.36.